The van der Waals surface area contributed by atoms with Crippen LogP contribution in [-0.2, 0) is 13.5 Å². The van der Waals surface area contributed by atoms with E-state index in [9.17, 15) is 10.2 Å². The zero-order valence-electron chi connectivity index (χ0n) is 9.00. The highest BCUT2D eigenvalue weighted by Gasteiger charge is 2.34. The molecular weight excluding hydrogens is 192 g/mol. The van der Waals surface area contributed by atoms with Crippen molar-refractivity contribution < 1.29 is 10.2 Å². The van der Waals surface area contributed by atoms with Crippen LogP contribution < -0.4 is 0 Å². The zero-order chi connectivity index (χ0) is 10.8. The lowest BCUT2D eigenvalue weighted by atomic mass is 10.0. The third-order valence-corrected chi connectivity index (χ3v) is 2.99. The minimum absolute atomic E-state index is 0.342. The summed E-state index contributed by atoms with van der Waals surface area (Å²) in [5.41, 5.74) is 1.11. The van der Waals surface area contributed by atoms with Gasteiger partial charge in [0.25, 0.3) is 0 Å². The van der Waals surface area contributed by atoms with E-state index in [4.69, 9.17) is 0 Å². The molecule has 84 valence electrons. The number of aromatic nitrogens is 2. The van der Waals surface area contributed by atoms with Crippen LogP contribution in [0.15, 0.2) is 12.4 Å². The van der Waals surface area contributed by atoms with Crippen LogP contribution in [0.3, 0.4) is 0 Å². The van der Waals surface area contributed by atoms with Crippen molar-refractivity contribution >= 4 is 0 Å². The molecule has 1 aliphatic rings. The second-order valence-corrected chi connectivity index (χ2v) is 4.46. The van der Waals surface area contributed by atoms with Crippen LogP contribution in [0.1, 0.15) is 24.8 Å². The van der Waals surface area contributed by atoms with Gasteiger partial charge in [0.1, 0.15) is 0 Å². The Labute approximate surface area is 89.5 Å². The van der Waals surface area contributed by atoms with E-state index < -0.39 is 12.2 Å². The molecule has 1 aromatic rings. The van der Waals surface area contributed by atoms with E-state index in [1.807, 2.05) is 13.2 Å². The van der Waals surface area contributed by atoms with Gasteiger partial charge in [-0.05, 0) is 37.2 Å². The van der Waals surface area contributed by atoms with E-state index in [1.165, 1.54) is 0 Å². The average molecular weight is 210 g/mol. The van der Waals surface area contributed by atoms with Crippen molar-refractivity contribution in [2.45, 2.75) is 37.9 Å². The summed E-state index contributed by atoms with van der Waals surface area (Å²) in [6.07, 6.45) is 6.14. The molecule has 1 heterocycles. The predicted octanol–water partition coefficient (Wildman–Crippen LogP) is 0.485. The summed E-state index contributed by atoms with van der Waals surface area (Å²) in [6.45, 7) is 0. The van der Waals surface area contributed by atoms with Crippen molar-refractivity contribution in [1.82, 2.24) is 9.78 Å². The summed E-state index contributed by atoms with van der Waals surface area (Å²) in [5.74, 6) is 0.342. The lowest BCUT2D eigenvalue weighted by molar-refractivity contribution is 0.00188. The largest absolute Gasteiger partial charge is 0.390 e. The number of aliphatic hydroxyl groups excluding tert-OH is 2. The molecule has 1 saturated carbocycles. The van der Waals surface area contributed by atoms with Gasteiger partial charge >= 0.3 is 0 Å². The summed E-state index contributed by atoms with van der Waals surface area (Å²) in [4.78, 5) is 0. The van der Waals surface area contributed by atoms with Crippen LogP contribution in [-0.4, -0.2) is 32.2 Å². The van der Waals surface area contributed by atoms with Crippen molar-refractivity contribution in [3.05, 3.63) is 18.0 Å². The molecule has 2 atom stereocenters. The molecular formula is C11H18N2O2. The highest BCUT2D eigenvalue weighted by Crippen LogP contribution is 2.34. The summed E-state index contributed by atoms with van der Waals surface area (Å²) in [6, 6.07) is 0. The Hall–Kier alpha value is -0.870. The van der Waals surface area contributed by atoms with Gasteiger partial charge in [0, 0.05) is 13.2 Å². The summed E-state index contributed by atoms with van der Waals surface area (Å²) in [5, 5.41) is 23.4. The molecule has 0 aromatic carbocycles. The van der Waals surface area contributed by atoms with Crippen molar-refractivity contribution in [2.75, 3.05) is 0 Å². The first-order valence-corrected chi connectivity index (χ1v) is 5.50. The SMILES string of the molecule is Cn1cc(CCC(O)C(O)C2CC2)cn1. The van der Waals surface area contributed by atoms with E-state index in [0.717, 1.165) is 24.8 Å². The van der Waals surface area contributed by atoms with Crippen molar-refractivity contribution in [1.29, 1.82) is 0 Å². The highest BCUT2D eigenvalue weighted by molar-refractivity contribution is 5.04. The molecule has 1 aliphatic carbocycles. The lowest BCUT2D eigenvalue weighted by Gasteiger charge is -2.16. The van der Waals surface area contributed by atoms with E-state index in [0.29, 0.717) is 12.3 Å². The maximum Gasteiger partial charge on any atom is 0.0827 e. The topological polar surface area (TPSA) is 58.3 Å². The molecule has 15 heavy (non-hydrogen) atoms. The molecule has 2 unspecified atom stereocenters. The van der Waals surface area contributed by atoms with E-state index in [2.05, 4.69) is 5.10 Å². The first kappa shape index (κ1) is 10.6. The number of hydrogen-bond acceptors (Lipinski definition) is 3. The zero-order valence-corrected chi connectivity index (χ0v) is 9.00. The smallest absolute Gasteiger partial charge is 0.0827 e. The van der Waals surface area contributed by atoms with E-state index >= 15 is 0 Å². The van der Waals surface area contributed by atoms with Crippen LogP contribution in [0, 0.1) is 5.92 Å². The van der Waals surface area contributed by atoms with Crippen molar-refractivity contribution in [2.24, 2.45) is 13.0 Å². The Morgan fingerprint density at radius 1 is 1.53 bits per heavy atom. The van der Waals surface area contributed by atoms with Crippen LogP contribution in [0.25, 0.3) is 0 Å². The van der Waals surface area contributed by atoms with Gasteiger partial charge in [0.05, 0.1) is 18.4 Å². The minimum atomic E-state index is -0.585. The van der Waals surface area contributed by atoms with Gasteiger partial charge in [0.2, 0.25) is 0 Å². The summed E-state index contributed by atoms with van der Waals surface area (Å²) < 4.78 is 1.75. The molecule has 2 rings (SSSR count). The molecule has 1 fully saturated rings. The fourth-order valence-electron chi connectivity index (χ4n) is 1.84. The first-order valence-electron chi connectivity index (χ1n) is 5.50. The predicted molar refractivity (Wildman–Crippen MR) is 56.3 cm³/mol. The molecule has 2 N–H and O–H groups in total. The van der Waals surface area contributed by atoms with E-state index in [-0.39, 0.29) is 0 Å². The van der Waals surface area contributed by atoms with Gasteiger partial charge in [-0.25, -0.2) is 0 Å². The van der Waals surface area contributed by atoms with Gasteiger partial charge < -0.3 is 10.2 Å². The van der Waals surface area contributed by atoms with Gasteiger partial charge in [-0.3, -0.25) is 4.68 Å². The average Bonchev–Trinajstić information content (AvgIpc) is 2.98. The van der Waals surface area contributed by atoms with Crippen LogP contribution in [0.4, 0.5) is 0 Å². The van der Waals surface area contributed by atoms with Crippen LogP contribution in [0.5, 0.6) is 0 Å². The molecule has 1 aromatic heterocycles. The van der Waals surface area contributed by atoms with Gasteiger partial charge in [0.15, 0.2) is 0 Å². The molecule has 0 amide bonds. The van der Waals surface area contributed by atoms with Crippen LogP contribution in [0.2, 0.25) is 0 Å². The van der Waals surface area contributed by atoms with Crippen molar-refractivity contribution in [3.8, 4) is 0 Å². The number of aryl methyl sites for hydroxylation is 2. The summed E-state index contributed by atoms with van der Waals surface area (Å²) >= 11 is 0. The Morgan fingerprint density at radius 3 is 2.80 bits per heavy atom. The fraction of sp³-hybridized carbons (Fsp3) is 0.727. The first-order chi connectivity index (χ1) is 7.16. The van der Waals surface area contributed by atoms with Gasteiger partial charge in [-0.15, -0.1) is 0 Å². The number of nitrogens with zero attached hydrogens (tertiary/aromatic N) is 2. The second kappa shape index (κ2) is 4.33. The Bertz CT molecular complexity index is 320. The molecule has 0 bridgehead atoms. The quantitative estimate of drug-likeness (QED) is 0.743. The number of rotatable bonds is 5. The lowest BCUT2D eigenvalue weighted by Crippen LogP contribution is -2.28. The molecule has 0 saturated heterocycles. The molecule has 0 radical (unpaired) electrons. The monoisotopic (exact) mass is 210 g/mol. The Balaban J connectivity index is 1.77. The van der Waals surface area contributed by atoms with Gasteiger partial charge in [-0.1, -0.05) is 0 Å². The van der Waals surface area contributed by atoms with Crippen molar-refractivity contribution in [3.63, 3.8) is 0 Å². The second-order valence-electron chi connectivity index (χ2n) is 4.46. The third kappa shape index (κ3) is 2.79. The number of hydrogen-bond donors (Lipinski definition) is 2. The third-order valence-electron chi connectivity index (χ3n) is 2.99. The molecule has 4 nitrogen and oxygen atoms in total. The molecule has 0 spiro atoms. The Morgan fingerprint density at radius 2 is 2.27 bits per heavy atom. The molecule has 4 heteroatoms. The Kier molecular flexibility index (Phi) is 3.07. The highest BCUT2D eigenvalue weighted by atomic mass is 16.3. The normalized spacial score (nSPS) is 20.2. The van der Waals surface area contributed by atoms with Crippen LogP contribution >= 0.6 is 0 Å². The fourth-order valence-corrected chi connectivity index (χ4v) is 1.84. The standard InChI is InChI=1S/C11H18N2O2/c1-13-7-8(6-12-13)2-5-10(14)11(15)9-3-4-9/h6-7,9-11,14-15H,2-5H2,1H3. The number of aliphatic hydroxyl groups is 2. The van der Waals surface area contributed by atoms with Gasteiger partial charge in [-0.2, -0.15) is 5.10 Å². The summed E-state index contributed by atoms with van der Waals surface area (Å²) in [7, 11) is 1.87. The van der Waals surface area contributed by atoms with E-state index in [1.54, 1.807) is 10.9 Å². The maximum absolute atomic E-state index is 9.72. The maximum atomic E-state index is 9.72. The minimum Gasteiger partial charge on any atom is -0.390 e. The molecule has 0 aliphatic heterocycles.